The molecule has 2 N–H and O–H groups in total. The fourth-order valence-electron chi connectivity index (χ4n) is 6.84. The van der Waals surface area contributed by atoms with Gasteiger partial charge >= 0.3 is 0 Å². The summed E-state index contributed by atoms with van der Waals surface area (Å²) in [7, 11) is -0.339. The number of aromatic nitrogens is 3. The molecule has 16 heteroatoms. The third kappa shape index (κ3) is 10.1. The van der Waals surface area contributed by atoms with Gasteiger partial charge in [0.05, 0.1) is 21.0 Å². The Kier molecular flexibility index (Phi) is 12.8. The molecule has 300 valence electrons. The molecule has 0 aliphatic carbocycles. The van der Waals surface area contributed by atoms with E-state index >= 15 is 0 Å². The molecule has 1 unspecified atom stereocenters. The van der Waals surface area contributed by atoms with Gasteiger partial charge in [0.15, 0.2) is 5.82 Å². The van der Waals surface area contributed by atoms with Crippen LogP contribution in [-0.4, -0.2) is 96.7 Å². The van der Waals surface area contributed by atoms with Crippen molar-refractivity contribution in [1.82, 2.24) is 24.8 Å². The van der Waals surface area contributed by atoms with Crippen molar-refractivity contribution in [3.05, 3.63) is 137 Å². The number of anilines is 3. The number of hydrogen-bond acceptors (Lipinski definition) is 12. The molecule has 6 aromatic rings. The number of nitro groups is 1. The normalized spacial score (nSPS) is 14.1. The number of sulfonamides is 1. The van der Waals surface area contributed by atoms with Crippen molar-refractivity contribution in [2.45, 2.75) is 28.8 Å². The summed E-state index contributed by atoms with van der Waals surface area (Å²) < 4.78 is 43.6. The first-order valence-corrected chi connectivity index (χ1v) is 21.3. The largest absolute Gasteiger partial charge is 0.376 e. The zero-order valence-electron chi connectivity index (χ0n) is 32.2. The van der Waals surface area contributed by atoms with Gasteiger partial charge in [0, 0.05) is 78.3 Å². The maximum Gasteiger partial charge on any atom is 0.293 e. The van der Waals surface area contributed by atoms with Crippen LogP contribution in [0.3, 0.4) is 0 Å². The van der Waals surface area contributed by atoms with Crippen LogP contribution >= 0.6 is 11.8 Å². The van der Waals surface area contributed by atoms with E-state index in [0.29, 0.717) is 23.2 Å². The first-order valence-electron chi connectivity index (χ1n) is 18.8. The Morgan fingerprint density at radius 3 is 2.43 bits per heavy atom. The van der Waals surface area contributed by atoms with E-state index in [1.165, 1.54) is 30.6 Å². The van der Waals surface area contributed by atoms with Gasteiger partial charge in [-0.2, -0.15) is 0 Å². The highest BCUT2D eigenvalue weighted by molar-refractivity contribution is 7.99. The lowest BCUT2D eigenvalue weighted by Crippen LogP contribution is -2.46. The molecule has 3 heterocycles. The van der Waals surface area contributed by atoms with Gasteiger partial charge in [-0.25, -0.2) is 22.8 Å². The monoisotopic (exact) mass is 821 g/mol. The van der Waals surface area contributed by atoms with Gasteiger partial charge in [0.2, 0.25) is 0 Å². The molecule has 1 aliphatic rings. The highest BCUT2D eigenvalue weighted by Crippen LogP contribution is 2.32. The summed E-state index contributed by atoms with van der Waals surface area (Å²) in [5, 5.41) is 16.1. The lowest BCUT2D eigenvalue weighted by Gasteiger charge is -2.36. The Morgan fingerprint density at radius 1 is 0.914 bits per heavy atom. The number of benzene rings is 4. The average molecular weight is 822 g/mol. The third-order valence-electron chi connectivity index (χ3n) is 9.95. The first kappa shape index (κ1) is 40.5. The molecule has 7 rings (SSSR count). The number of rotatable bonds is 16. The van der Waals surface area contributed by atoms with Crippen LogP contribution in [0.4, 0.5) is 27.3 Å². The van der Waals surface area contributed by atoms with Gasteiger partial charge in [0.25, 0.3) is 15.7 Å². The van der Waals surface area contributed by atoms with E-state index < -0.39 is 14.9 Å². The number of nitrogens with one attached hydrogen (secondary N) is 2. The van der Waals surface area contributed by atoms with Crippen molar-refractivity contribution >= 4 is 55.6 Å². The highest BCUT2D eigenvalue weighted by atomic mass is 32.2. The Hall–Kier alpha value is -5.68. The summed E-state index contributed by atoms with van der Waals surface area (Å²) in [5.41, 5.74) is 4.18. The molecule has 0 spiro atoms. The highest BCUT2D eigenvalue weighted by Gasteiger charge is 2.25. The van der Waals surface area contributed by atoms with Gasteiger partial charge in [-0.1, -0.05) is 24.3 Å². The van der Waals surface area contributed by atoms with E-state index in [0.717, 1.165) is 72.6 Å². The van der Waals surface area contributed by atoms with Crippen molar-refractivity contribution in [3.8, 4) is 11.3 Å². The minimum atomic E-state index is -4.28. The molecule has 1 saturated heterocycles. The molecule has 0 saturated carbocycles. The van der Waals surface area contributed by atoms with Crippen LogP contribution in [0.25, 0.3) is 22.2 Å². The van der Waals surface area contributed by atoms with Crippen molar-refractivity contribution in [3.63, 3.8) is 0 Å². The van der Waals surface area contributed by atoms with Crippen LogP contribution < -0.4 is 14.9 Å². The van der Waals surface area contributed by atoms with Gasteiger partial charge in [-0.3, -0.25) is 24.7 Å². The Balaban J connectivity index is 1.02. The predicted octanol–water partition coefficient (Wildman–Crippen LogP) is 7.39. The standard InChI is InChI=1S/C42H44FN9O4S2/c1-49(2)20-18-33(28-57-35-8-4-3-5-9-35)47-38-17-15-36(26-40(38)52(53)54)58(55,56)48-42-37-16-14-34(25-39(37)45-29-46-42)51-23-21-50(22-24-51)27-31-7-6-19-44-41(31)30-10-12-32(43)13-11-30/h3-17,19,25-26,29,33,47H,18,20-24,27-28H2,1-2H3,(H,45,46,48). The molecule has 0 bridgehead atoms. The molecular weight excluding hydrogens is 778 g/mol. The van der Waals surface area contributed by atoms with Crippen LogP contribution in [0.5, 0.6) is 0 Å². The van der Waals surface area contributed by atoms with Gasteiger partial charge in [-0.15, -0.1) is 11.8 Å². The molecule has 13 nitrogen and oxygen atoms in total. The van der Waals surface area contributed by atoms with Gasteiger partial charge in [-0.05, 0) is 105 Å². The maximum absolute atomic E-state index is 13.7. The third-order valence-corrected chi connectivity index (χ3v) is 12.5. The number of thioether (sulfide) groups is 1. The van der Waals surface area contributed by atoms with E-state index in [-0.39, 0.29) is 33.9 Å². The summed E-state index contributed by atoms with van der Waals surface area (Å²) in [5.74, 6) is 0.441. The van der Waals surface area contributed by atoms with Gasteiger partial charge < -0.3 is 15.1 Å². The van der Waals surface area contributed by atoms with E-state index in [1.807, 2.05) is 62.6 Å². The molecule has 1 aliphatic heterocycles. The number of hydrogen-bond donors (Lipinski definition) is 2. The molecule has 1 fully saturated rings. The second-order valence-corrected chi connectivity index (χ2v) is 17.1. The summed E-state index contributed by atoms with van der Waals surface area (Å²) >= 11 is 1.65. The summed E-state index contributed by atoms with van der Waals surface area (Å²) in [6.07, 6.45) is 3.76. The van der Waals surface area contributed by atoms with E-state index in [9.17, 15) is 22.9 Å². The number of nitrogens with zero attached hydrogens (tertiary/aromatic N) is 7. The second-order valence-electron chi connectivity index (χ2n) is 14.3. The minimum Gasteiger partial charge on any atom is -0.376 e. The number of piperazine rings is 1. The number of fused-ring (bicyclic) bond motifs is 1. The summed E-state index contributed by atoms with van der Waals surface area (Å²) in [6.45, 7) is 4.58. The van der Waals surface area contributed by atoms with Crippen molar-refractivity contribution < 1.29 is 17.7 Å². The molecule has 58 heavy (non-hydrogen) atoms. The molecular formula is C42H44FN9O4S2. The van der Waals surface area contributed by atoms with Crippen molar-refractivity contribution in [2.24, 2.45) is 0 Å². The maximum atomic E-state index is 13.7. The average Bonchev–Trinajstić information content (AvgIpc) is 3.23. The molecule has 0 radical (unpaired) electrons. The zero-order chi connectivity index (χ0) is 40.6. The molecule has 1 atom stereocenters. The lowest BCUT2D eigenvalue weighted by molar-refractivity contribution is -0.384. The van der Waals surface area contributed by atoms with Crippen LogP contribution in [0.15, 0.2) is 125 Å². The van der Waals surface area contributed by atoms with Gasteiger partial charge in [0.1, 0.15) is 17.8 Å². The first-order chi connectivity index (χ1) is 28.0. The summed E-state index contributed by atoms with van der Waals surface area (Å²) in [4.78, 5) is 32.5. The quantitative estimate of drug-likeness (QED) is 0.0570. The SMILES string of the molecule is CN(C)CCC(CSc1ccccc1)Nc1ccc(S(=O)(=O)Nc2ncnc3cc(N4CCN(Cc5cccnc5-c5ccc(F)cc5)CC4)ccc23)cc1[N+](=O)[O-]. The van der Waals surface area contributed by atoms with E-state index in [2.05, 4.69) is 45.8 Å². The van der Waals surface area contributed by atoms with E-state index in [1.54, 1.807) is 36.2 Å². The fourth-order valence-corrected chi connectivity index (χ4v) is 8.89. The Bertz CT molecular complexity index is 2470. The Morgan fingerprint density at radius 2 is 1.69 bits per heavy atom. The lowest BCUT2D eigenvalue weighted by atomic mass is 10.0. The van der Waals surface area contributed by atoms with Crippen molar-refractivity contribution in [1.29, 1.82) is 0 Å². The van der Waals surface area contributed by atoms with Crippen LogP contribution in [0, 0.1) is 15.9 Å². The smallest absolute Gasteiger partial charge is 0.293 e. The minimum absolute atomic E-state index is 0.0707. The van der Waals surface area contributed by atoms with Crippen molar-refractivity contribution in [2.75, 3.05) is 67.5 Å². The predicted molar refractivity (Wildman–Crippen MR) is 228 cm³/mol. The number of halogens is 1. The van der Waals surface area contributed by atoms with E-state index in [4.69, 9.17) is 0 Å². The number of nitro benzene ring substituents is 1. The molecule has 4 aromatic carbocycles. The van der Waals surface area contributed by atoms with Crippen LogP contribution in [0.1, 0.15) is 12.0 Å². The molecule has 0 amide bonds. The molecule has 2 aromatic heterocycles. The van der Waals surface area contributed by atoms with Crippen LogP contribution in [-0.2, 0) is 16.6 Å². The second kappa shape index (κ2) is 18.3. The summed E-state index contributed by atoms with van der Waals surface area (Å²) in [6, 6.07) is 29.7. The Labute approximate surface area is 341 Å². The van der Waals surface area contributed by atoms with Crippen LogP contribution in [0.2, 0.25) is 0 Å². The topological polar surface area (TPSA) is 150 Å². The fraction of sp³-hybridized carbons (Fsp3) is 0.262. The zero-order valence-corrected chi connectivity index (χ0v) is 33.8. The number of pyridine rings is 1.